The molecule has 0 saturated heterocycles. The van der Waals surface area contributed by atoms with Crippen LogP contribution in [0.25, 0.3) is 0 Å². The maximum absolute atomic E-state index is 12.3. The van der Waals surface area contributed by atoms with Gasteiger partial charge in [-0.05, 0) is 31.6 Å². The summed E-state index contributed by atoms with van der Waals surface area (Å²) >= 11 is 1.42. The van der Waals surface area contributed by atoms with Crippen molar-refractivity contribution in [3.05, 3.63) is 16.1 Å². The summed E-state index contributed by atoms with van der Waals surface area (Å²) in [6, 6.07) is 0. The van der Waals surface area contributed by atoms with Gasteiger partial charge in [0.2, 0.25) is 0 Å². The van der Waals surface area contributed by atoms with Crippen LogP contribution in [0.2, 0.25) is 0 Å². The molecule has 0 radical (unpaired) electrons. The summed E-state index contributed by atoms with van der Waals surface area (Å²) in [7, 11) is 0. The Morgan fingerprint density at radius 2 is 2.10 bits per heavy atom. The Balaban J connectivity index is 1.57. The molecule has 2 N–H and O–H groups in total. The standard InChI is InChI=1S/C15H22N2O2S/c18-12(10-6-3-7-10)8-16-15(19)14-13(17-9-20-14)11-4-1-2-5-11/h9-12,18H,1-8H2,(H,16,19). The van der Waals surface area contributed by atoms with Crippen molar-refractivity contribution in [1.82, 2.24) is 10.3 Å². The minimum absolute atomic E-state index is 0.0622. The molecule has 2 saturated carbocycles. The molecule has 1 aromatic heterocycles. The number of aliphatic hydroxyl groups excluding tert-OH is 1. The third kappa shape index (κ3) is 2.88. The third-order valence-electron chi connectivity index (χ3n) is 4.71. The Kier molecular flexibility index (Phi) is 4.36. The summed E-state index contributed by atoms with van der Waals surface area (Å²) in [5, 5.41) is 12.8. The molecule has 3 rings (SSSR count). The van der Waals surface area contributed by atoms with Gasteiger partial charge in [0.05, 0.1) is 17.3 Å². The largest absolute Gasteiger partial charge is 0.391 e. The number of carbonyl (C=O) groups is 1. The van der Waals surface area contributed by atoms with Crippen molar-refractivity contribution >= 4 is 17.2 Å². The lowest BCUT2D eigenvalue weighted by molar-refractivity contribution is 0.0584. The van der Waals surface area contributed by atoms with Crippen LogP contribution in [0.4, 0.5) is 0 Å². The highest BCUT2D eigenvalue weighted by Crippen LogP contribution is 2.36. The summed E-state index contributed by atoms with van der Waals surface area (Å²) in [5.41, 5.74) is 2.74. The zero-order valence-corrected chi connectivity index (χ0v) is 12.5. The van der Waals surface area contributed by atoms with Crippen LogP contribution in [0.1, 0.15) is 66.2 Å². The molecule has 2 aliphatic rings. The van der Waals surface area contributed by atoms with Gasteiger partial charge in [-0.2, -0.15) is 0 Å². The molecule has 1 aromatic rings. The average molecular weight is 294 g/mol. The molecule has 1 heterocycles. The van der Waals surface area contributed by atoms with E-state index in [0.29, 0.717) is 18.4 Å². The molecule has 2 aliphatic carbocycles. The van der Waals surface area contributed by atoms with Gasteiger partial charge in [-0.25, -0.2) is 4.98 Å². The summed E-state index contributed by atoms with van der Waals surface area (Å²) in [6.45, 7) is 0.367. The van der Waals surface area contributed by atoms with Crippen LogP contribution in [0, 0.1) is 5.92 Å². The number of hydrogen-bond donors (Lipinski definition) is 2. The molecule has 1 atom stereocenters. The highest BCUT2D eigenvalue weighted by Gasteiger charge is 2.28. The molecule has 0 spiro atoms. The Hall–Kier alpha value is -0.940. The van der Waals surface area contributed by atoms with E-state index in [0.717, 1.165) is 36.3 Å². The summed E-state index contributed by atoms with van der Waals surface area (Å²) < 4.78 is 0. The fourth-order valence-corrected chi connectivity index (χ4v) is 3.97. The van der Waals surface area contributed by atoms with Crippen molar-refractivity contribution in [3.8, 4) is 0 Å². The van der Waals surface area contributed by atoms with Gasteiger partial charge in [-0.1, -0.05) is 19.3 Å². The highest BCUT2D eigenvalue weighted by atomic mass is 32.1. The quantitative estimate of drug-likeness (QED) is 0.877. The maximum atomic E-state index is 12.3. The maximum Gasteiger partial charge on any atom is 0.263 e. The molecule has 0 aromatic carbocycles. The molecule has 0 aliphatic heterocycles. The van der Waals surface area contributed by atoms with Crippen LogP contribution in [0.5, 0.6) is 0 Å². The van der Waals surface area contributed by atoms with Crippen molar-refractivity contribution in [3.63, 3.8) is 0 Å². The smallest absolute Gasteiger partial charge is 0.263 e. The number of nitrogens with zero attached hydrogens (tertiary/aromatic N) is 1. The number of carbonyl (C=O) groups excluding carboxylic acids is 1. The van der Waals surface area contributed by atoms with Crippen molar-refractivity contribution in [1.29, 1.82) is 0 Å². The predicted octanol–water partition coefficient (Wildman–Crippen LogP) is 2.69. The molecular weight excluding hydrogens is 272 g/mol. The van der Waals surface area contributed by atoms with E-state index in [1.807, 2.05) is 0 Å². The first kappa shape index (κ1) is 14.0. The van der Waals surface area contributed by atoms with E-state index in [9.17, 15) is 9.90 Å². The molecule has 5 heteroatoms. The molecule has 0 bridgehead atoms. The van der Waals surface area contributed by atoms with Crippen molar-refractivity contribution in [2.75, 3.05) is 6.54 Å². The minimum Gasteiger partial charge on any atom is -0.391 e. The Labute approximate surface area is 123 Å². The first-order valence-corrected chi connectivity index (χ1v) is 8.53. The first-order valence-electron chi connectivity index (χ1n) is 7.65. The normalized spacial score (nSPS) is 21.6. The molecule has 110 valence electrons. The number of aliphatic hydroxyl groups is 1. The van der Waals surface area contributed by atoms with E-state index in [-0.39, 0.29) is 5.91 Å². The Bertz CT molecular complexity index is 464. The monoisotopic (exact) mass is 294 g/mol. The molecule has 1 unspecified atom stereocenters. The molecular formula is C15H22N2O2S. The van der Waals surface area contributed by atoms with E-state index in [2.05, 4.69) is 10.3 Å². The van der Waals surface area contributed by atoms with Gasteiger partial charge in [-0.15, -0.1) is 11.3 Å². The van der Waals surface area contributed by atoms with Crippen LogP contribution in [0.15, 0.2) is 5.51 Å². The van der Waals surface area contributed by atoms with Crippen molar-refractivity contribution in [2.24, 2.45) is 5.92 Å². The second-order valence-electron chi connectivity index (χ2n) is 6.02. The van der Waals surface area contributed by atoms with Gasteiger partial charge in [-0.3, -0.25) is 4.79 Å². The Morgan fingerprint density at radius 1 is 1.35 bits per heavy atom. The summed E-state index contributed by atoms with van der Waals surface area (Å²) in [6.07, 6.45) is 7.76. The van der Waals surface area contributed by atoms with Gasteiger partial charge in [0.15, 0.2) is 0 Å². The second kappa shape index (κ2) is 6.22. The van der Waals surface area contributed by atoms with Crippen LogP contribution in [-0.4, -0.2) is 28.6 Å². The SMILES string of the molecule is O=C(NCC(O)C1CCC1)c1scnc1C1CCCC1. The molecule has 1 amide bonds. The van der Waals surface area contributed by atoms with Gasteiger partial charge >= 0.3 is 0 Å². The molecule has 4 nitrogen and oxygen atoms in total. The van der Waals surface area contributed by atoms with Gasteiger partial charge in [0.25, 0.3) is 5.91 Å². The lowest BCUT2D eigenvalue weighted by Gasteiger charge is -2.30. The Morgan fingerprint density at radius 3 is 2.75 bits per heavy atom. The van der Waals surface area contributed by atoms with Gasteiger partial charge < -0.3 is 10.4 Å². The number of rotatable bonds is 5. The fourth-order valence-electron chi connectivity index (χ4n) is 3.18. The predicted molar refractivity (Wildman–Crippen MR) is 79.0 cm³/mol. The number of thiazole rings is 1. The third-order valence-corrected chi connectivity index (χ3v) is 5.55. The van der Waals surface area contributed by atoms with Crippen LogP contribution in [-0.2, 0) is 0 Å². The zero-order valence-electron chi connectivity index (χ0n) is 11.7. The summed E-state index contributed by atoms with van der Waals surface area (Å²) in [4.78, 5) is 17.4. The van der Waals surface area contributed by atoms with E-state index >= 15 is 0 Å². The van der Waals surface area contributed by atoms with E-state index in [4.69, 9.17) is 0 Å². The minimum atomic E-state index is -0.393. The van der Waals surface area contributed by atoms with Crippen LogP contribution in [0.3, 0.4) is 0 Å². The van der Waals surface area contributed by atoms with E-state index in [1.54, 1.807) is 5.51 Å². The average Bonchev–Trinajstić information content (AvgIpc) is 3.03. The van der Waals surface area contributed by atoms with Gasteiger partial charge in [0.1, 0.15) is 4.88 Å². The summed E-state index contributed by atoms with van der Waals surface area (Å²) in [5.74, 6) is 0.775. The number of amides is 1. The van der Waals surface area contributed by atoms with Crippen molar-refractivity contribution in [2.45, 2.75) is 57.0 Å². The van der Waals surface area contributed by atoms with E-state index < -0.39 is 6.10 Å². The number of aromatic nitrogens is 1. The highest BCUT2D eigenvalue weighted by molar-refractivity contribution is 7.11. The van der Waals surface area contributed by atoms with E-state index in [1.165, 1.54) is 30.6 Å². The van der Waals surface area contributed by atoms with Gasteiger partial charge in [0, 0.05) is 12.5 Å². The molecule has 2 fully saturated rings. The molecule has 20 heavy (non-hydrogen) atoms. The fraction of sp³-hybridized carbons (Fsp3) is 0.733. The number of hydrogen-bond acceptors (Lipinski definition) is 4. The number of nitrogens with one attached hydrogen (secondary N) is 1. The lowest BCUT2D eigenvalue weighted by atomic mass is 9.81. The topological polar surface area (TPSA) is 62.2 Å². The van der Waals surface area contributed by atoms with Crippen LogP contribution < -0.4 is 5.32 Å². The van der Waals surface area contributed by atoms with Crippen LogP contribution >= 0.6 is 11.3 Å². The lowest BCUT2D eigenvalue weighted by Crippen LogP contribution is -2.38. The first-order chi connectivity index (χ1) is 9.75. The second-order valence-corrected chi connectivity index (χ2v) is 6.87. The zero-order chi connectivity index (χ0) is 13.9. The van der Waals surface area contributed by atoms with Crippen molar-refractivity contribution < 1.29 is 9.90 Å².